The maximum Gasteiger partial charge on any atom is 0.312 e. The summed E-state index contributed by atoms with van der Waals surface area (Å²) in [5.74, 6) is -13.1. The lowest BCUT2D eigenvalue weighted by atomic mass is 9.99. The number of imide groups is 1. The molecule has 6 aliphatic heterocycles. The van der Waals surface area contributed by atoms with Crippen molar-refractivity contribution in [2.75, 3.05) is 138 Å². The molecule has 720 valence electrons. The minimum atomic E-state index is -1.69. The highest BCUT2D eigenvalue weighted by atomic mass is 16.5. The number of hydrogen-bond acceptors (Lipinski definition) is 25. The zero-order chi connectivity index (χ0) is 96.1. The average molecular weight is 1860 g/mol. The number of piperidine rings is 4. The van der Waals surface area contributed by atoms with Crippen molar-refractivity contribution in [1.82, 2.24) is 92.1 Å². The summed E-state index contributed by atoms with van der Waals surface area (Å²) in [4.78, 5) is 269. The Morgan fingerprint density at radius 2 is 0.978 bits per heavy atom. The van der Waals surface area contributed by atoms with E-state index in [0.717, 1.165) is 14.7 Å². The number of carbonyl (C=O) groups excluding carboxylic acids is 18. The lowest BCUT2D eigenvalue weighted by molar-refractivity contribution is -0.147. The molecule has 8 heterocycles. The normalized spacial score (nSPS) is 20.9. The fraction of sp³-hybridized carbons (Fsp3) is 0.516. The highest BCUT2D eigenvalue weighted by molar-refractivity contribution is 6.13. The highest BCUT2D eigenvalue weighted by Gasteiger charge is 2.43. The molecule has 6 aliphatic rings. The second-order valence-electron chi connectivity index (χ2n) is 33.8. The number of para-hydroxylation sites is 2. The van der Waals surface area contributed by atoms with Gasteiger partial charge in [-0.1, -0.05) is 62.4 Å². The van der Waals surface area contributed by atoms with Crippen LogP contribution in [-0.4, -0.2) is 336 Å². The third-order valence-electron chi connectivity index (χ3n) is 23.9. The number of nitrogens with one attached hydrogen (secondary N) is 10. The number of carbonyl (C=O) groups is 18. The quantitative estimate of drug-likeness (QED) is 0.0207. The number of urea groups is 1. The molecular weight excluding hydrogens is 1740 g/mol. The maximum atomic E-state index is 15.5. The molecule has 5 fully saturated rings. The van der Waals surface area contributed by atoms with Crippen molar-refractivity contribution in [2.45, 2.75) is 165 Å². The monoisotopic (exact) mass is 1860 g/mol. The van der Waals surface area contributed by atoms with E-state index in [-0.39, 0.29) is 148 Å². The van der Waals surface area contributed by atoms with E-state index in [1.807, 2.05) is 0 Å². The lowest BCUT2D eigenvalue weighted by Gasteiger charge is -2.38. The number of nitrogens with zero attached hydrogens (tertiary/aromatic N) is 9. The topological polar surface area (TPSA) is 559 Å². The number of fused-ring (bicyclic) bond motifs is 6. The van der Waals surface area contributed by atoms with Crippen molar-refractivity contribution >= 4 is 134 Å². The second kappa shape index (κ2) is 49.1. The molecule has 0 saturated carbocycles. The van der Waals surface area contributed by atoms with E-state index in [9.17, 15) is 77.0 Å². The van der Waals surface area contributed by atoms with Gasteiger partial charge in [-0.2, -0.15) is 0 Å². The number of hydrogen-bond donors (Lipinski definition) is 12. The van der Waals surface area contributed by atoms with Crippen LogP contribution in [0, 0.1) is 5.92 Å². The number of likely N-dealkylation sites (N-methyl/N-ethyl adjacent to an activating group) is 2. The van der Waals surface area contributed by atoms with Crippen LogP contribution in [0.3, 0.4) is 0 Å². The first-order chi connectivity index (χ1) is 64.4. The number of benzene rings is 3. The Balaban J connectivity index is 0.769. The van der Waals surface area contributed by atoms with E-state index in [0.29, 0.717) is 78.7 Å². The lowest BCUT2D eigenvalue weighted by Crippen LogP contribution is -2.61. The third-order valence-corrected chi connectivity index (χ3v) is 23.9. The number of primary amides is 1. The molecule has 0 aliphatic carbocycles. The van der Waals surface area contributed by atoms with Gasteiger partial charge in [0, 0.05) is 94.9 Å². The van der Waals surface area contributed by atoms with E-state index in [4.69, 9.17) is 29.7 Å². The van der Waals surface area contributed by atoms with E-state index in [1.54, 1.807) is 92.7 Å². The Labute approximate surface area is 772 Å². The van der Waals surface area contributed by atoms with Crippen LogP contribution in [0.4, 0.5) is 10.5 Å². The fourth-order valence-corrected chi connectivity index (χ4v) is 16.5. The largest absolute Gasteiger partial charge is 0.505 e. The van der Waals surface area contributed by atoms with Crippen molar-refractivity contribution in [3.05, 3.63) is 114 Å². The summed E-state index contributed by atoms with van der Waals surface area (Å²) in [7, 11) is 2.64. The number of aromatic nitrogens is 2. The Morgan fingerprint density at radius 1 is 0.522 bits per heavy atom. The van der Waals surface area contributed by atoms with Crippen molar-refractivity contribution < 1.29 is 110 Å². The summed E-state index contributed by atoms with van der Waals surface area (Å²) in [6.07, 6.45) is 6.48. The van der Waals surface area contributed by atoms with Gasteiger partial charge >= 0.3 is 6.03 Å². The highest BCUT2D eigenvalue weighted by Crippen LogP contribution is 2.29. The number of anilines is 1. The van der Waals surface area contributed by atoms with Crippen molar-refractivity contribution in [2.24, 2.45) is 11.7 Å². The maximum absolute atomic E-state index is 15.5. The molecule has 8 atom stereocenters. The smallest absolute Gasteiger partial charge is 0.312 e. The molecule has 11 rings (SSSR count). The van der Waals surface area contributed by atoms with Gasteiger partial charge in [0.05, 0.1) is 83.4 Å². The van der Waals surface area contributed by atoms with Gasteiger partial charge in [0.15, 0.2) is 17.1 Å². The van der Waals surface area contributed by atoms with Crippen LogP contribution in [-0.2, 0) is 92.7 Å². The molecule has 13 N–H and O–H groups in total. The molecule has 19 amide bonds. The summed E-state index contributed by atoms with van der Waals surface area (Å²) in [6, 6.07) is 11.5. The van der Waals surface area contributed by atoms with Gasteiger partial charge in [-0.3, -0.25) is 86.4 Å². The van der Waals surface area contributed by atoms with Crippen molar-refractivity contribution in [3.63, 3.8) is 0 Å². The third kappa shape index (κ3) is 27.9. The predicted octanol–water partition coefficient (Wildman–Crippen LogP) is -0.738. The number of rotatable bonds is 29. The number of amides is 19. The summed E-state index contributed by atoms with van der Waals surface area (Å²) in [5, 5.41) is 39.0. The minimum absolute atomic E-state index is 0.00569. The molecule has 0 spiro atoms. The average Bonchev–Trinajstić information content (AvgIpc) is 0.856. The van der Waals surface area contributed by atoms with Crippen LogP contribution < -0.4 is 63.6 Å². The SMILES string of the molecule is CC(C)[C@H](NC(=O)CCOCCOCCOCCN1C(=O)C=CC1=O)C(=O)N[C@@H](CCCNC(N)=O)C(=O)Nc1ccc(COc2cc3ccccc3nc2C(=O)N[C@@H]2CNC(=O)[C@@H]3CCCCN3C(=O)CN(C)C(=O)CNC(=O)[C@@H]3CCCCN3C(=O)[C@H](NC(=O)c3nc4ccccc4cc3O)CNC(=O)[C@@H]3CCCCN3C(=O)CN(C)C(=O)CNC(=O)[C@@H]3CCCCN3C2=O)cc1. The zero-order valence-electron chi connectivity index (χ0n) is 75.5. The van der Waals surface area contributed by atoms with Crippen LogP contribution in [0.5, 0.6) is 11.5 Å². The molecule has 0 unspecified atom stereocenters. The molecule has 43 nitrogen and oxygen atoms in total. The van der Waals surface area contributed by atoms with Gasteiger partial charge in [-0.15, -0.1) is 0 Å². The Hall–Kier alpha value is -13.8. The fourth-order valence-electron chi connectivity index (χ4n) is 16.5. The van der Waals surface area contributed by atoms with Crippen LogP contribution in [0.25, 0.3) is 21.8 Å². The molecule has 0 bridgehead atoms. The first kappa shape index (κ1) is 101. The molecule has 0 radical (unpaired) electrons. The first-order valence-corrected chi connectivity index (χ1v) is 45.2. The summed E-state index contributed by atoms with van der Waals surface area (Å²) in [6.45, 7) is 0.604. The van der Waals surface area contributed by atoms with Gasteiger partial charge in [0.1, 0.15) is 60.7 Å². The number of ether oxygens (including phenoxy) is 4. The number of aromatic hydroxyl groups is 1. The van der Waals surface area contributed by atoms with E-state index in [1.165, 1.54) is 51.9 Å². The number of nitrogens with two attached hydrogens (primary N) is 1. The van der Waals surface area contributed by atoms with Gasteiger partial charge in [-0.25, -0.2) is 14.8 Å². The zero-order valence-corrected chi connectivity index (χ0v) is 75.5. The molecule has 3 aromatic carbocycles. The van der Waals surface area contributed by atoms with E-state index >= 15 is 14.4 Å². The van der Waals surface area contributed by atoms with Crippen LogP contribution >= 0.6 is 0 Å². The van der Waals surface area contributed by atoms with Crippen LogP contribution in [0.1, 0.15) is 137 Å². The molecule has 5 aromatic rings. The van der Waals surface area contributed by atoms with Crippen molar-refractivity contribution in [1.29, 1.82) is 0 Å². The molecular formula is C91H118N20O23. The van der Waals surface area contributed by atoms with Crippen LogP contribution in [0.15, 0.2) is 97.1 Å². The van der Waals surface area contributed by atoms with Gasteiger partial charge in [0.25, 0.3) is 23.6 Å². The Morgan fingerprint density at radius 3 is 1.49 bits per heavy atom. The first-order valence-electron chi connectivity index (χ1n) is 45.2. The van der Waals surface area contributed by atoms with Crippen LogP contribution in [0.2, 0.25) is 0 Å². The molecule has 5 saturated heterocycles. The predicted molar refractivity (Wildman–Crippen MR) is 480 cm³/mol. The Kier molecular flexibility index (Phi) is 36.9. The summed E-state index contributed by atoms with van der Waals surface area (Å²) < 4.78 is 22.9. The van der Waals surface area contributed by atoms with Gasteiger partial charge in [-0.05, 0) is 138 Å². The second-order valence-corrected chi connectivity index (χ2v) is 33.8. The summed E-state index contributed by atoms with van der Waals surface area (Å²) >= 11 is 0. The van der Waals surface area contributed by atoms with E-state index < -0.39 is 211 Å². The molecule has 134 heavy (non-hydrogen) atoms. The Bertz CT molecular complexity index is 5170. The van der Waals surface area contributed by atoms with Crippen molar-refractivity contribution in [3.8, 4) is 11.5 Å². The van der Waals surface area contributed by atoms with Gasteiger partial charge < -0.3 is 112 Å². The van der Waals surface area contributed by atoms with E-state index in [2.05, 4.69) is 58.2 Å². The molecule has 43 heteroatoms. The number of pyridine rings is 2. The summed E-state index contributed by atoms with van der Waals surface area (Å²) in [5.41, 5.74) is 5.99. The minimum Gasteiger partial charge on any atom is -0.505 e. The van der Waals surface area contributed by atoms with Gasteiger partial charge in [0.2, 0.25) is 76.8 Å². The standard InChI is InChI=1S/C91H118N20O23/c1-55(2)78(104-71(113)33-40-131-42-44-133-45-43-132-41-39-111-72(114)31-32-73(111)115)86(125)101-62(22-17-34-93-91(92)130)81(120)98-59-29-27-56(28-30-59)54-134-70-47-58-19-6-8-21-61(58)100-80(70)88(127)103-64-49-95-83(122)66-24-10-14-36-108(66)77(119)53-106(4)74(116)50-96-84(123)67-25-11-15-37-109(67)89(128)63(102-87(126)79-69(112)46-57-18-5-7-20-60(57)99-79)48-94-82(121)65-23-9-13-35-107(65)76(118)52-105(3)75(117)51-97-85(124)68-26-12-16-38-110(68)90(64)129/h5-8,18-21,27-32,46-47,55,62-68,78,112H,9-17,22-26,33-45,48-54H2,1-4H3,(H,94,121)(H,95,122)(H,96,123)(H,97,124)(H,98,120)(H,101,125)(H,102,126)(H,103,127)(H,104,113)(H3,92,93,130)/t62-,63+,64+,65-,66-,67-,68-,78-/m0/s1. The molecule has 2 aromatic heterocycles.